The minimum atomic E-state index is -1.05. The highest BCUT2D eigenvalue weighted by Crippen LogP contribution is 2.24. The maximum Gasteiger partial charge on any atom is 0.335 e. The first kappa shape index (κ1) is 24.9. The molecule has 1 aliphatic heterocycles. The summed E-state index contributed by atoms with van der Waals surface area (Å²) in [6, 6.07) is 11.8. The Morgan fingerprint density at radius 1 is 0.838 bits per heavy atom. The molecule has 0 atom stereocenters. The second-order valence-corrected chi connectivity index (χ2v) is 8.12. The number of amides is 1. The number of aromatic carboxylic acids is 2. The molecule has 1 amide bonds. The molecule has 2 heterocycles. The molecule has 10 heteroatoms. The van der Waals surface area contributed by atoms with Gasteiger partial charge in [0.15, 0.2) is 0 Å². The predicted molar refractivity (Wildman–Crippen MR) is 138 cm³/mol. The highest BCUT2D eigenvalue weighted by Gasteiger charge is 2.28. The summed E-state index contributed by atoms with van der Waals surface area (Å²) in [5.41, 5.74) is 2.88. The number of nitrogens with one attached hydrogen (secondary N) is 1. The molecule has 3 N–H and O–H groups in total. The molecule has 4 rings (SSSR count). The van der Waals surface area contributed by atoms with Gasteiger partial charge >= 0.3 is 11.9 Å². The first-order valence-corrected chi connectivity index (χ1v) is 11.1. The van der Waals surface area contributed by atoms with Crippen molar-refractivity contribution in [2.24, 2.45) is 5.10 Å². The number of nitrogens with zero attached hydrogens (tertiary/aromatic N) is 3. The highest BCUT2D eigenvalue weighted by molar-refractivity contribution is 6.29. The Hall–Kier alpha value is -5.25. The lowest BCUT2D eigenvalue weighted by molar-refractivity contribution is -0.114. The number of H-pyrrole nitrogens is 1. The minimum absolute atomic E-state index is 0.113. The van der Waals surface area contributed by atoms with Crippen molar-refractivity contribution >= 4 is 35.3 Å². The van der Waals surface area contributed by atoms with E-state index in [4.69, 9.17) is 10.2 Å². The van der Waals surface area contributed by atoms with Gasteiger partial charge in [-0.1, -0.05) is 18.2 Å². The number of carboxylic acids is 2. The van der Waals surface area contributed by atoms with Crippen molar-refractivity contribution in [3.05, 3.63) is 111 Å². The lowest BCUT2D eigenvalue weighted by Gasteiger charge is -2.11. The first-order chi connectivity index (χ1) is 17.7. The molecule has 0 saturated heterocycles. The molecular weight excluding hydrogens is 476 g/mol. The van der Waals surface area contributed by atoms with Crippen LogP contribution in [0.3, 0.4) is 0 Å². The third-order valence-electron chi connectivity index (χ3n) is 5.66. The van der Waals surface area contributed by atoms with E-state index < -0.39 is 11.9 Å². The molecule has 10 nitrogen and oxygen atoms in total. The van der Waals surface area contributed by atoms with Crippen molar-refractivity contribution in [2.75, 3.05) is 5.01 Å². The second kappa shape index (κ2) is 10.2. The number of carboxylic acid groups (broad SMARTS) is 2. The molecule has 1 aliphatic rings. The summed E-state index contributed by atoms with van der Waals surface area (Å²) < 4.78 is 1.33. The van der Waals surface area contributed by atoms with Gasteiger partial charge < -0.3 is 10.2 Å². The summed E-state index contributed by atoms with van der Waals surface area (Å²) in [5, 5.41) is 26.5. The average Bonchev–Trinajstić information content (AvgIpc) is 3.33. The fourth-order valence-electron chi connectivity index (χ4n) is 3.69. The van der Waals surface area contributed by atoms with Crippen molar-refractivity contribution in [3.63, 3.8) is 0 Å². The molecule has 2 aromatic carbocycles. The minimum Gasteiger partial charge on any atom is -0.478 e. The van der Waals surface area contributed by atoms with Gasteiger partial charge in [-0.15, -0.1) is 0 Å². The molecule has 0 spiro atoms. The van der Waals surface area contributed by atoms with Gasteiger partial charge in [-0.2, -0.15) is 10.1 Å². The largest absolute Gasteiger partial charge is 0.478 e. The molecule has 3 aromatic rings. The zero-order valence-electron chi connectivity index (χ0n) is 19.9. The second-order valence-electron chi connectivity index (χ2n) is 8.12. The van der Waals surface area contributed by atoms with Crippen LogP contribution in [0, 0.1) is 6.92 Å². The van der Waals surface area contributed by atoms with Crippen LogP contribution >= 0.6 is 0 Å². The van der Waals surface area contributed by atoms with Crippen LogP contribution in [0.5, 0.6) is 0 Å². The third kappa shape index (κ3) is 5.08. The monoisotopic (exact) mass is 498 g/mol. The predicted octanol–water partition coefficient (Wildman–Crippen LogP) is 3.79. The summed E-state index contributed by atoms with van der Waals surface area (Å²) in [4.78, 5) is 47.7. The topological polar surface area (TPSA) is 145 Å². The highest BCUT2D eigenvalue weighted by atomic mass is 16.4. The van der Waals surface area contributed by atoms with Gasteiger partial charge in [-0.05, 0) is 74.5 Å². The number of anilines is 1. The van der Waals surface area contributed by atoms with E-state index in [-0.39, 0.29) is 22.6 Å². The number of hydrogen-bond acceptors (Lipinski definition) is 5. The summed E-state index contributed by atoms with van der Waals surface area (Å²) in [5.74, 6) is -2.44. The molecule has 186 valence electrons. The zero-order valence-corrected chi connectivity index (χ0v) is 19.9. The fourth-order valence-corrected chi connectivity index (χ4v) is 3.69. The van der Waals surface area contributed by atoms with E-state index >= 15 is 0 Å². The molecule has 0 unspecified atom stereocenters. The van der Waals surface area contributed by atoms with Gasteiger partial charge in [0.25, 0.3) is 11.5 Å². The number of aromatic nitrogens is 2. The van der Waals surface area contributed by atoms with Crippen molar-refractivity contribution in [1.29, 1.82) is 0 Å². The summed E-state index contributed by atoms with van der Waals surface area (Å²) >= 11 is 0. The number of benzene rings is 2. The van der Waals surface area contributed by atoms with Crippen LogP contribution in [0.4, 0.5) is 5.69 Å². The van der Waals surface area contributed by atoms with E-state index in [1.165, 1.54) is 46.1 Å². The fraction of sp³-hybridized carbons (Fsp3) is 0.0741. The maximum absolute atomic E-state index is 12.8. The molecule has 0 fully saturated rings. The van der Waals surface area contributed by atoms with Crippen molar-refractivity contribution in [3.8, 4) is 5.69 Å². The van der Waals surface area contributed by atoms with Crippen molar-refractivity contribution in [2.45, 2.75) is 13.8 Å². The van der Waals surface area contributed by atoms with E-state index in [0.29, 0.717) is 33.9 Å². The lowest BCUT2D eigenvalue weighted by Crippen LogP contribution is -2.21. The number of hydrogen-bond donors (Lipinski definition) is 3. The van der Waals surface area contributed by atoms with Crippen LogP contribution in [0.15, 0.2) is 88.3 Å². The summed E-state index contributed by atoms with van der Waals surface area (Å²) in [7, 11) is 0. The summed E-state index contributed by atoms with van der Waals surface area (Å²) in [6.45, 7) is 3.46. The van der Waals surface area contributed by atoms with E-state index in [0.717, 1.165) is 0 Å². The zero-order chi connectivity index (χ0) is 26.7. The Labute approximate surface area is 210 Å². The quantitative estimate of drug-likeness (QED) is 0.334. The standard InChI is InChI=1S/C27H22N4O6/c1-16-22(24(32)30(28-16)20-12-8-18(9-13-20)26(34)35)6-4-3-5-7-23-17(2)29-31(25(23)33)21-14-10-19(11-15-21)27(36)37/h3-15,28H,1-2H3,(H,34,35)(H,36,37)/b5-3-,6-4+,23-7?. The van der Waals surface area contributed by atoms with Gasteiger partial charge in [0.05, 0.1) is 39.3 Å². The molecule has 1 aromatic heterocycles. The van der Waals surface area contributed by atoms with Crippen LogP contribution in [0.1, 0.15) is 38.9 Å². The smallest absolute Gasteiger partial charge is 0.335 e. The molecule has 0 aliphatic carbocycles. The SMILES string of the molecule is CC1=NN(c2ccc(C(=O)O)cc2)C(=O)C1=C/C=C\C=C\c1c(C)[nH]n(-c2ccc(C(=O)O)cc2)c1=O. The van der Waals surface area contributed by atoms with Gasteiger partial charge in [0, 0.05) is 5.69 Å². The van der Waals surface area contributed by atoms with Crippen molar-refractivity contribution < 1.29 is 24.6 Å². The number of carbonyl (C=O) groups excluding carboxylic acids is 1. The Balaban J connectivity index is 1.47. The van der Waals surface area contributed by atoms with Crippen LogP contribution in [0.2, 0.25) is 0 Å². The Kier molecular flexibility index (Phi) is 6.83. The molecule has 0 radical (unpaired) electrons. The normalized spacial score (nSPS) is 14.8. The Morgan fingerprint density at radius 2 is 1.41 bits per heavy atom. The van der Waals surface area contributed by atoms with E-state index in [1.54, 1.807) is 56.4 Å². The molecule has 37 heavy (non-hydrogen) atoms. The number of hydrazone groups is 1. The van der Waals surface area contributed by atoms with Crippen LogP contribution in [-0.2, 0) is 4.79 Å². The number of carbonyl (C=O) groups is 3. The van der Waals surface area contributed by atoms with E-state index in [1.807, 2.05) is 0 Å². The lowest BCUT2D eigenvalue weighted by atomic mass is 10.1. The van der Waals surface area contributed by atoms with Gasteiger partial charge in [-0.25, -0.2) is 14.3 Å². The third-order valence-corrected chi connectivity index (χ3v) is 5.66. The molecule has 0 bridgehead atoms. The van der Waals surface area contributed by atoms with Crippen LogP contribution in [0.25, 0.3) is 11.8 Å². The van der Waals surface area contributed by atoms with Crippen molar-refractivity contribution in [1.82, 2.24) is 9.78 Å². The maximum atomic E-state index is 12.8. The van der Waals surface area contributed by atoms with Gasteiger partial charge in [-0.3, -0.25) is 14.7 Å². The number of allylic oxidation sites excluding steroid dienone is 4. The number of rotatable bonds is 7. The first-order valence-electron chi connectivity index (χ1n) is 11.1. The van der Waals surface area contributed by atoms with Crippen LogP contribution < -0.4 is 10.6 Å². The molecule has 0 saturated carbocycles. The van der Waals surface area contributed by atoms with E-state index in [2.05, 4.69) is 10.2 Å². The van der Waals surface area contributed by atoms with Gasteiger partial charge in [0.1, 0.15) is 0 Å². The van der Waals surface area contributed by atoms with Crippen LogP contribution in [-0.4, -0.2) is 43.6 Å². The number of aromatic amines is 1. The van der Waals surface area contributed by atoms with E-state index in [9.17, 15) is 19.2 Å². The Morgan fingerprint density at radius 3 is 1.97 bits per heavy atom. The summed E-state index contributed by atoms with van der Waals surface area (Å²) in [6.07, 6.45) is 8.25. The van der Waals surface area contributed by atoms with Gasteiger partial charge in [0.2, 0.25) is 0 Å². The molecular formula is C27H22N4O6. The Bertz CT molecular complexity index is 1570. The number of aryl methyl sites for hydroxylation is 1. The average molecular weight is 498 g/mol.